The lowest BCUT2D eigenvalue weighted by atomic mass is 9.96. The number of carbonyl (C=O) groups is 2. The molecule has 2 rings (SSSR count). The van der Waals surface area contributed by atoms with Crippen LogP contribution in [-0.2, 0) is 4.79 Å². The van der Waals surface area contributed by atoms with Gasteiger partial charge in [0.1, 0.15) is 0 Å². The molecule has 0 aliphatic carbocycles. The number of likely N-dealkylation sites (tertiary alicyclic amines) is 1. The van der Waals surface area contributed by atoms with E-state index in [2.05, 4.69) is 0 Å². The van der Waals surface area contributed by atoms with Gasteiger partial charge in [-0.3, -0.25) is 9.59 Å². The van der Waals surface area contributed by atoms with Crippen molar-refractivity contribution in [3.63, 3.8) is 0 Å². The molecule has 1 aliphatic heterocycles. The average molecular weight is 295 g/mol. The van der Waals surface area contributed by atoms with E-state index in [1.54, 1.807) is 48.2 Å². The Morgan fingerprint density at radius 1 is 1.25 bits per heavy atom. The van der Waals surface area contributed by atoms with E-state index in [0.717, 1.165) is 12.8 Å². The standard InChI is InChI=1S/C15H19ClN2O2/c1-17(2)14(19)12-4-3-9-18(10-12)15(20)11-5-7-13(16)8-6-11/h5-8,12H,3-4,9-10H2,1-2H3. The van der Waals surface area contributed by atoms with E-state index in [1.165, 1.54) is 0 Å². The summed E-state index contributed by atoms with van der Waals surface area (Å²) < 4.78 is 0. The SMILES string of the molecule is CN(C)C(=O)C1CCCN(C(=O)c2ccc(Cl)cc2)C1. The second kappa shape index (κ2) is 6.27. The number of hydrogen-bond donors (Lipinski definition) is 0. The molecule has 0 bridgehead atoms. The Labute approximate surface area is 124 Å². The van der Waals surface area contributed by atoms with E-state index < -0.39 is 0 Å². The Balaban J connectivity index is 2.07. The summed E-state index contributed by atoms with van der Waals surface area (Å²) >= 11 is 5.83. The summed E-state index contributed by atoms with van der Waals surface area (Å²) in [4.78, 5) is 27.8. The molecule has 4 nitrogen and oxygen atoms in total. The van der Waals surface area contributed by atoms with Crippen LogP contribution < -0.4 is 0 Å². The van der Waals surface area contributed by atoms with E-state index in [9.17, 15) is 9.59 Å². The first-order chi connectivity index (χ1) is 9.49. The van der Waals surface area contributed by atoms with Gasteiger partial charge >= 0.3 is 0 Å². The Kier molecular flexibility index (Phi) is 4.65. The fraction of sp³-hybridized carbons (Fsp3) is 0.467. The van der Waals surface area contributed by atoms with Crippen LogP contribution in [0.1, 0.15) is 23.2 Å². The van der Waals surface area contributed by atoms with Crippen molar-refractivity contribution in [2.75, 3.05) is 27.2 Å². The maximum Gasteiger partial charge on any atom is 0.253 e. The first kappa shape index (κ1) is 14.9. The van der Waals surface area contributed by atoms with Gasteiger partial charge in [0, 0.05) is 37.8 Å². The third-order valence-corrected chi connectivity index (χ3v) is 3.84. The van der Waals surface area contributed by atoms with Crippen molar-refractivity contribution in [1.29, 1.82) is 0 Å². The molecule has 108 valence electrons. The van der Waals surface area contributed by atoms with Crippen LogP contribution in [-0.4, -0.2) is 48.8 Å². The number of halogens is 1. The molecule has 1 heterocycles. The van der Waals surface area contributed by atoms with Crippen molar-refractivity contribution in [2.45, 2.75) is 12.8 Å². The predicted molar refractivity (Wildman–Crippen MR) is 78.8 cm³/mol. The minimum absolute atomic E-state index is 0.0297. The highest BCUT2D eigenvalue weighted by Gasteiger charge is 2.29. The van der Waals surface area contributed by atoms with Gasteiger partial charge in [-0.2, -0.15) is 0 Å². The summed E-state index contributed by atoms with van der Waals surface area (Å²) in [5.41, 5.74) is 0.618. The highest BCUT2D eigenvalue weighted by Crippen LogP contribution is 2.20. The van der Waals surface area contributed by atoms with E-state index in [4.69, 9.17) is 11.6 Å². The van der Waals surface area contributed by atoms with Crippen molar-refractivity contribution in [1.82, 2.24) is 9.80 Å². The van der Waals surface area contributed by atoms with Gasteiger partial charge in [-0.25, -0.2) is 0 Å². The molecule has 1 fully saturated rings. The molecule has 5 heteroatoms. The summed E-state index contributed by atoms with van der Waals surface area (Å²) in [5, 5.41) is 0.612. The van der Waals surface area contributed by atoms with E-state index >= 15 is 0 Å². The van der Waals surface area contributed by atoms with Gasteiger partial charge < -0.3 is 9.80 Å². The molecule has 1 aliphatic rings. The Bertz CT molecular complexity index is 499. The molecule has 1 saturated heterocycles. The summed E-state index contributed by atoms with van der Waals surface area (Å²) in [6.07, 6.45) is 1.71. The molecular formula is C15H19ClN2O2. The molecule has 2 amide bonds. The van der Waals surface area contributed by atoms with Gasteiger partial charge in [-0.15, -0.1) is 0 Å². The van der Waals surface area contributed by atoms with Gasteiger partial charge in [0.15, 0.2) is 0 Å². The summed E-state index contributed by atoms with van der Waals surface area (Å²) in [5.74, 6) is -0.0217. The highest BCUT2D eigenvalue weighted by molar-refractivity contribution is 6.30. The van der Waals surface area contributed by atoms with Crippen molar-refractivity contribution in [3.8, 4) is 0 Å². The fourth-order valence-electron chi connectivity index (χ4n) is 2.50. The van der Waals surface area contributed by atoms with Gasteiger partial charge in [0.25, 0.3) is 5.91 Å². The third-order valence-electron chi connectivity index (χ3n) is 3.59. The van der Waals surface area contributed by atoms with Crippen LogP contribution in [0.2, 0.25) is 5.02 Å². The average Bonchev–Trinajstić information content (AvgIpc) is 2.46. The number of rotatable bonds is 2. The van der Waals surface area contributed by atoms with Crippen molar-refractivity contribution < 1.29 is 9.59 Å². The quantitative estimate of drug-likeness (QED) is 0.839. The molecular weight excluding hydrogens is 276 g/mol. The molecule has 20 heavy (non-hydrogen) atoms. The second-order valence-corrected chi connectivity index (χ2v) is 5.77. The van der Waals surface area contributed by atoms with Gasteiger partial charge in [0.05, 0.1) is 5.92 Å². The van der Waals surface area contributed by atoms with E-state index in [0.29, 0.717) is 23.7 Å². The third kappa shape index (κ3) is 3.31. The van der Waals surface area contributed by atoms with Crippen LogP contribution >= 0.6 is 11.6 Å². The maximum absolute atomic E-state index is 12.4. The molecule has 1 unspecified atom stereocenters. The number of amides is 2. The monoisotopic (exact) mass is 294 g/mol. The minimum atomic E-state index is -0.0880. The molecule has 0 spiro atoms. The lowest BCUT2D eigenvalue weighted by Crippen LogP contribution is -2.45. The largest absolute Gasteiger partial charge is 0.349 e. The molecule has 1 aromatic carbocycles. The summed E-state index contributed by atoms with van der Waals surface area (Å²) in [6, 6.07) is 6.87. The van der Waals surface area contributed by atoms with Crippen molar-refractivity contribution in [2.24, 2.45) is 5.92 Å². The predicted octanol–water partition coefficient (Wildman–Crippen LogP) is 2.28. The first-order valence-electron chi connectivity index (χ1n) is 6.75. The van der Waals surface area contributed by atoms with Crippen LogP contribution in [0.4, 0.5) is 0 Å². The van der Waals surface area contributed by atoms with E-state index in [-0.39, 0.29) is 17.7 Å². The smallest absolute Gasteiger partial charge is 0.253 e. The molecule has 0 radical (unpaired) electrons. The zero-order valence-corrected chi connectivity index (χ0v) is 12.6. The number of hydrogen-bond acceptors (Lipinski definition) is 2. The number of benzene rings is 1. The molecule has 1 atom stereocenters. The fourth-order valence-corrected chi connectivity index (χ4v) is 2.63. The van der Waals surface area contributed by atoms with Crippen LogP contribution in [0.25, 0.3) is 0 Å². The minimum Gasteiger partial charge on any atom is -0.349 e. The summed E-state index contributed by atoms with van der Waals surface area (Å²) in [6.45, 7) is 1.21. The van der Waals surface area contributed by atoms with Gasteiger partial charge in [-0.1, -0.05) is 11.6 Å². The van der Waals surface area contributed by atoms with E-state index in [1.807, 2.05) is 0 Å². The van der Waals surface area contributed by atoms with Crippen molar-refractivity contribution >= 4 is 23.4 Å². The Hall–Kier alpha value is -1.55. The summed E-state index contributed by atoms with van der Waals surface area (Å²) in [7, 11) is 3.50. The van der Waals surface area contributed by atoms with Gasteiger partial charge in [-0.05, 0) is 37.1 Å². The topological polar surface area (TPSA) is 40.6 Å². The lowest BCUT2D eigenvalue weighted by Gasteiger charge is -2.33. The first-order valence-corrected chi connectivity index (χ1v) is 7.13. The van der Waals surface area contributed by atoms with Crippen LogP contribution in [0.15, 0.2) is 24.3 Å². The normalized spacial score (nSPS) is 18.8. The number of carbonyl (C=O) groups excluding carboxylic acids is 2. The van der Waals surface area contributed by atoms with Crippen LogP contribution in [0, 0.1) is 5.92 Å². The maximum atomic E-state index is 12.4. The number of nitrogens with zero attached hydrogens (tertiary/aromatic N) is 2. The number of piperidine rings is 1. The Morgan fingerprint density at radius 3 is 2.50 bits per heavy atom. The lowest BCUT2D eigenvalue weighted by molar-refractivity contribution is -0.134. The van der Waals surface area contributed by atoms with Crippen LogP contribution in [0.3, 0.4) is 0 Å². The second-order valence-electron chi connectivity index (χ2n) is 5.33. The Morgan fingerprint density at radius 2 is 1.90 bits per heavy atom. The molecule has 1 aromatic rings. The highest BCUT2D eigenvalue weighted by atomic mass is 35.5. The van der Waals surface area contributed by atoms with Crippen LogP contribution in [0.5, 0.6) is 0 Å². The molecule has 0 saturated carbocycles. The van der Waals surface area contributed by atoms with Crippen molar-refractivity contribution in [3.05, 3.63) is 34.9 Å². The zero-order chi connectivity index (χ0) is 14.7. The molecule has 0 aromatic heterocycles. The zero-order valence-electron chi connectivity index (χ0n) is 11.8. The van der Waals surface area contributed by atoms with Gasteiger partial charge in [0.2, 0.25) is 5.91 Å². The molecule has 0 N–H and O–H groups in total.